The van der Waals surface area contributed by atoms with Gasteiger partial charge in [0.2, 0.25) is 0 Å². The first-order chi connectivity index (χ1) is 16.6. The molecule has 3 N–H and O–H groups in total. The number of anilines is 1. The van der Waals surface area contributed by atoms with E-state index in [1.807, 2.05) is 60.8 Å². The summed E-state index contributed by atoms with van der Waals surface area (Å²) in [6.45, 7) is 1.33. The van der Waals surface area contributed by atoms with Crippen LogP contribution in [0.15, 0.2) is 71.5 Å². The average molecular weight is 538 g/mol. The van der Waals surface area contributed by atoms with Gasteiger partial charge in [-0.25, -0.2) is 4.98 Å². The Labute approximate surface area is 209 Å². The topological polar surface area (TPSA) is 87.1 Å². The monoisotopic (exact) mass is 536 g/mol. The summed E-state index contributed by atoms with van der Waals surface area (Å²) in [6.07, 6.45) is 5.32. The van der Waals surface area contributed by atoms with Gasteiger partial charge in [0.15, 0.2) is 5.65 Å². The van der Waals surface area contributed by atoms with E-state index in [4.69, 9.17) is 16.6 Å². The zero-order valence-corrected chi connectivity index (χ0v) is 20.5. The highest BCUT2D eigenvalue weighted by Gasteiger charge is 2.13. The first-order valence-corrected chi connectivity index (χ1v) is 12.2. The minimum Gasteiger partial charge on any atom is -0.370 e. The van der Waals surface area contributed by atoms with Crippen molar-refractivity contribution in [2.24, 2.45) is 0 Å². The number of fused-ring (bicyclic) bond motifs is 2. The Morgan fingerprint density at radius 1 is 1.09 bits per heavy atom. The summed E-state index contributed by atoms with van der Waals surface area (Å²) >= 11 is 9.92. The second kappa shape index (κ2) is 9.87. The fourth-order valence-corrected chi connectivity index (χ4v) is 4.41. The fourth-order valence-electron chi connectivity index (χ4n) is 3.83. The number of carbonyl (C=O) groups excluding carboxylic acids is 1. The summed E-state index contributed by atoms with van der Waals surface area (Å²) < 4.78 is 2.58. The Kier molecular flexibility index (Phi) is 6.51. The predicted octanol–water partition coefficient (Wildman–Crippen LogP) is 5.92. The molecular formula is C25H22BrClN6O. The first kappa shape index (κ1) is 22.4. The number of unbranched alkanes of at least 4 members (excludes halogenated alkanes) is 1. The van der Waals surface area contributed by atoms with Crippen LogP contribution in [0.5, 0.6) is 0 Å². The molecule has 0 saturated carbocycles. The lowest BCUT2D eigenvalue weighted by Gasteiger charge is -2.12. The fraction of sp³-hybridized carbons (Fsp3) is 0.160. The standard InChI is InChI=1S/C25H22BrClN6O/c26-19-15-31-33-23(14-22(32-24(19)33)18-5-1-2-6-20(18)27)29-10-3-4-11-30-25(34)17-7-8-21-16(13-17)9-12-28-21/h1-2,5-9,12-15,28-29H,3-4,10-11H2,(H,30,34). The second-order valence-electron chi connectivity index (χ2n) is 7.90. The van der Waals surface area contributed by atoms with Crippen LogP contribution in [0.2, 0.25) is 5.02 Å². The van der Waals surface area contributed by atoms with E-state index < -0.39 is 0 Å². The van der Waals surface area contributed by atoms with Gasteiger partial charge < -0.3 is 15.6 Å². The van der Waals surface area contributed by atoms with Crippen molar-refractivity contribution >= 4 is 55.8 Å². The largest absolute Gasteiger partial charge is 0.370 e. The summed E-state index contributed by atoms with van der Waals surface area (Å²) in [5.41, 5.74) is 4.04. The summed E-state index contributed by atoms with van der Waals surface area (Å²) in [4.78, 5) is 20.3. The second-order valence-corrected chi connectivity index (χ2v) is 9.17. The summed E-state index contributed by atoms with van der Waals surface area (Å²) in [6, 6.07) is 17.2. The maximum atomic E-state index is 12.4. The van der Waals surface area contributed by atoms with Crippen LogP contribution in [-0.4, -0.2) is 38.6 Å². The molecule has 0 fully saturated rings. The average Bonchev–Trinajstić information content (AvgIpc) is 3.47. The SMILES string of the molecule is O=C(NCCCCNc1cc(-c2ccccc2Cl)nc2c(Br)cnn12)c1ccc2[nH]ccc2c1. The van der Waals surface area contributed by atoms with Crippen molar-refractivity contribution in [3.63, 3.8) is 0 Å². The van der Waals surface area contributed by atoms with Crippen molar-refractivity contribution in [3.8, 4) is 11.3 Å². The van der Waals surface area contributed by atoms with E-state index in [-0.39, 0.29) is 5.91 Å². The number of rotatable bonds is 8. The maximum absolute atomic E-state index is 12.4. The van der Waals surface area contributed by atoms with Crippen molar-refractivity contribution in [1.82, 2.24) is 24.9 Å². The third kappa shape index (κ3) is 4.64. The van der Waals surface area contributed by atoms with Crippen LogP contribution in [0.3, 0.4) is 0 Å². The van der Waals surface area contributed by atoms with Gasteiger partial charge in [0.1, 0.15) is 5.82 Å². The molecule has 0 spiro atoms. The van der Waals surface area contributed by atoms with E-state index >= 15 is 0 Å². The number of nitrogens with zero attached hydrogens (tertiary/aromatic N) is 3. The Morgan fingerprint density at radius 2 is 1.94 bits per heavy atom. The van der Waals surface area contributed by atoms with Gasteiger partial charge in [-0.2, -0.15) is 9.61 Å². The number of benzene rings is 2. The molecule has 5 rings (SSSR count). The molecule has 9 heteroatoms. The lowest BCUT2D eigenvalue weighted by Crippen LogP contribution is -2.24. The minimum atomic E-state index is -0.0577. The molecular weight excluding hydrogens is 516 g/mol. The zero-order valence-electron chi connectivity index (χ0n) is 18.2. The van der Waals surface area contributed by atoms with Crippen LogP contribution in [0.4, 0.5) is 5.82 Å². The number of halogens is 2. The highest BCUT2D eigenvalue weighted by molar-refractivity contribution is 9.10. The number of hydrogen-bond acceptors (Lipinski definition) is 4. The van der Waals surface area contributed by atoms with E-state index in [1.165, 1.54) is 0 Å². The maximum Gasteiger partial charge on any atom is 0.251 e. The van der Waals surface area contributed by atoms with Gasteiger partial charge in [0, 0.05) is 52.4 Å². The van der Waals surface area contributed by atoms with Gasteiger partial charge in [0.25, 0.3) is 5.91 Å². The molecule has 172 valence electrons. The van der Waals surface area contributed by atoms with Gasteiger partial charge >= 0.3 is 0 Å². The number of aromatic nitrogens is 4. The molecule has 5 aromatic rings. The number of nitrogens with one attached hydrogen (secondary N) is 3. The zero-order chi connectivity index (χ0) is 23.5. The molecule has 34 heavy (non-hydrogen) atoms. The van der Waals surface area contributed by atoms with Crippen LogP contribution in [0.1, 0.15) is 23.2 Å². The molecule has 0 aliphatic heterocycles. The molecule has 1 amide bonds. The lowest BCUT2D eigenvalue weighted by atomic mass is 10.1. The molecule has 3 aromatic heterocycles. The number of hydrogen-bond donors (Lipinski definition) is 3. The highest BCUT2D eigenvalue weighted by atomic mass is 79.9. The van der Waals surface area contributed by atoms with Gasteiger partial charge in [-0.1, -0.05) is 29.8 Å². The third-order valence-electron chi connectivity index (χ3n) is 5.59. The summed E-state index contributed by atoms with van der Waals surface area (Å²) in [5.74, 6) is 0.770. The smallest absolute Gasteiger partial charge is 0.251 e. The van der Waals surface area contributed by atoms with E-state index in [9.17, 15) is 4.79 Å². The highest BCUT2D eigenvalue weighted by Crippen LogP contribution is 2.30. The lowest BCUT2D eigenvalue weighted by molar-refractivity contribution is 0.0953. The van der Waals surface area contributed by atoms with Crippen molar-refractivity contribution in [2.45, 2.75) is 12.8 Å². The quantitative estimate of drug-likeness (QED) is 0.215. The molecule has 0 bridgehead atoms. The van der Waals surface area contributed by atoms with Crippen molar-refractivity contribution in [2.75, 3.05) is 18.4 Å². The van der Waals surface area contributed by atoms with Crippen LogP contribution in [0.25, 0.3) is 27.8 Å². The Hall–Kier alpha value is -3.36. The molecule has 0 unspecified atom stereocenters. The summed E-state index contributed by atoms with van der Waals surface area (Å²) in [5, 5.41) is 12.5. The van der Waals surface area contributed by atoms with Crippen molar-refractivity contribution < 1.29 is 4.79 Å². The van der Waals surface area contributed by atoms with Gasteiger partial charge in [0.05, 0.1) is 16.4 Å². The molecule has 0 radical (unpaired) electrons. The van der Waals surface area contributed by atoms with Crippen LogP contribution >= 0.6 is 27.5 Å². The Balaban J connectivity index is 1.19. The third-order valence-corrected chi connectivity index (χ3v) is 6.48. The van der Waals surface area contributed by atoms with Crippen LogP contribution < -0.4 is 10.6 Å². The van der Waals surface area contributed by atoms with Crippen LogP contribution in [-0.2, 0) is 0 Å². The number of amides is 1. The number of aromatic amines is 1. The van der Waals surface area contributed by atoms with Crippen molar-refractivity contribution in [1.29, 1.82) is 0 Å². The molecule has 0 saturated heterocycles. The van der Waals surface area contributed by atoms with Gasteiger partial charge in [-0.15, -0.1) is 0 Å². The minimum absolute atomic E-state index is 0.0577. The molecule has 0 aliphatic rings. The first-order valence-electron chi connectivity index (χ1n) is 11.0. The van der Waals surface area contributed by atoms with Crippen LogP contribution in [0, 0.1) is 0 Å². The summed E-state index contributed by atoms with van der Waals surface area (Å²) in [7, 11) is 0. The molecule has 2 aromatic carbocycles. The number of carbonyl (C=O) groups is 1. The molecule has 0 aliphatic carbocycles. The predicted molar refractivity (Wildman–Crippen MR) is 139 cm³/mol. The van der Waals surface area contributed by atoms with Gasteiger partial charge in [-0.3, -0.25) is 4.79 Å². The van der Waals surface area contributed by atoms with E-state index in [1.54, 1.807) is 10.7 Å². The van der Waals surface area contributed by atoms with E-state index in [0.717, 1.165) is 51.8 Å². The Morgan fingerprint density at radius 3 is 2.82 bits per heavy atom. The molecule has 7 nitrogen and oxygen atoms in total. The normalized spacial score (nSPS) is 11.2. The van der Waals surface area contributed by atoms with Gasteiger partial charge in [-0.05, 0) is 59.1 Å². The number of H-pyrrole nitrogens is 1. The Bertz CT molecular complexity index is 1480. The molecule has 0 atom stereocenters. The van der Waals surface area contributed by atoms with E-state index in [2.05, 4.69) is 36.6 Å². The van der Waals surface area contributed by atoms with E-state index in [0.29, 0.717) is 22.8 Å². The molecule has 3 heterocycles. The van der Waals surface area contributed by atoms with Crippen molar-refractivity contribution in [3.05, 3.63) is 82.0 Å².